The summed E-state index contributed by atoms with van der Waals surface area (Å²) >= 11 is 0. The van der Waals surface area contributed by atoms with Crippen LogP contribution in [0.3, 0.4) is 0 Å². The Morgan fingerprint density at radius 3 is 2.76 bits per heavy atom. The molecule has 0 aliphatic heterocycles. The second kappa shape index (κ2) is 8.39. The van der Waals surface area contributed by atoms with Crippen LogP contribution < -0.4 is 0 Å². The van der Waals surface area contributed by atoms with E-state index in [4.69, 9.17) is 4.74 Å². The smallest absolute Gasteiger partial charge is 0.199 e. The molecule has 0 amide bonds. The maximum Gasteiger partial charge on any atom is 0.199 e. The Morgan fingerprint density at radius 1 is 1.09 bits per heavy atom. The van der Waals surface area contributed by atoms with Crippen LogP contribution in [0.15, 0.2) is 18.6 Å². The average Bonchev–Trinajstić information content (AvgIpc) is 3.39. The van der Waals surface area contributed by atoms with E-state index in [0.29, 0.717) is 29.3 Å². The number of carbonyl (C=O) groups excluding carboxylic acids is 1. The number of ketones is 1. The first kappa shape index (κ1) is 22.6. The predicted octanol–water partition coefficient (Wildman–Crippen LogP) is 5.32. The highest BCUT2D eigenvalue weighted by molar-refractivity contribution is 5.82. The van der Waals surface area contributed by atoms with E-state index in [1.54, 1.807) is 17.1 Å². The van der Waals surface area contributed by atoms with Crippen LogP contribution in [0.25, 0.3) is 11.2 Å². The Hall–Kier alpha value is -1.82. The first-order valence-corrected chi connectivity index (χ1v) is 13.6. The lowest BCUT2D eigenvalue weighted by Gasteiger charge is -2.61. The first-order valence-electron chi connectivity index (χ1n) is 13.6. The average molecular weight is 465 g/mol. The van der Waals surface area contributed by atoms with Crippen molar-refractivity contribution in [1.82, 2.24) is 19.7 Å². The zero-order chi connectivity index (χ0) is 23.5. The number of carbonyl (C=O) groups is 1. The number of aromatic nitrogens is 4. The molecule has 0 spiro atoms. The third kappa shape index (κ3) is 3.38. The van der Waals surface area contributed by atoms with E-state index < -0.39 is 0 Å². The summed E-state index contributed by atoms with van der Waals surface area (Å²) in [5.74, 6) is 4.40. The van der Waals surface area contributed by atoms with Gasteiger partial charge in [-0.3, -0.25) is 9.48 Å². The highest BCUT2D eigenvalue weighted by Gasteiger charge is 2.62. The third-order valence-electron chi connectivity index (χ3n) is 10.9. The Bertz CT molecular complexity index is 1030. The molecule has 6 rings (SSSR count). The summed E-state index contributed by atoms with van der Waals surface area (Å²) < 4.78 is 7.70. The normalized spacial score (nSPS) is 41.6. The molecular formula is C28H40N4O2. The number of hydrogen-bond donors (Lipinski definition) is 0. The number of rotatable bonds is 5. The van der Waals surface area contributed by atoms with Gasteiger partial charge < -0.3 is 4.74 Å². The second-order valence-electron chi connectivity index (χ2n) is 12.4. The number of nitrogens with zero attached hydrogens (tertiary/aromatic N) is 4. The minimum atomic E-state index is 0.129. The standard InChI is InChI=1S/C28H40N4O2/c1-18-8-11-28(17-34-3)19(14-18)4-5-20-21-6-7-23(27(21,2)10-9-22(20)28)25(33)16-32-15-24-26(31-32)30-13-12-29-24/h12-13,15,18-23H,4-11,14,16-17H2,1-3H3/t18?,19?,20?,21?,22?,23-,27?,28?/m1/s1. The summed E-state index contributed by atoms with van der Waals surface area (Å²) in [7, 11) is 1.91. The van der Waals surface area contributed by atoms with Gasteiger partial charge in [-0.1, -0.05) is 20.3 Å². The summed E-state index contributed by atoms with van der Waals surface area (Å²) in [6.07, 6.45) is 16.7. The molecule has 4 fully saturated rings. The molecule has 7 unspecified atom stereocenters. The lowest BCUT2D eigenvalue weighted by atomic mass is 9.44. The van der Waals surface area contributed by atoms with E-state index in [1.165, 1.54) is 51.4 Å². The van der Waals surface area contributed by atoms with E-state index in [-0.39, 0.29) is 11.3 Å². The van der Waals surface area contributed by atoms with Crippen LogP contribution in [0, 0.1) is 46.3 Å². The third-order valence-corrected chi connectivity index (χ3v) is 10.9. The molecule has 2 aromatic heterocycles. The largest absolute Gasteiger partial charge is 0.384 e. The van der Waals surface area contributed by atoms with Crippen molar-refractivity contribution >= 4 is 16.9 Å². The lowest BCUT2D eigenvalue weighted by molar-refractivity contribution is -0.154. The molecule has 2 heterocycles. The molecule has 0 bridgehead atoms. The number of ether oxygens (including phenoxy) is 1. The maximum atomic E-state index is 13.6. The predicted molar refractivity (Wildman–Crippen MR) is 131 cm³/mol. The fourth-order valence-corrected chi connectivity index (χ4v) is 9.50. The van der Waals surface area contributed by atoms with Crippen molar-refractivity contribution in [3.05, 3.63) is 18.6 Å². The molecule has 0 N–H and O–H groups in total. The van der Waals surface area contributed by atoms with Crippen LogP contribution >= 0.6 is 0 Å². The van der Waals surface area contributed by atoms with Gasteiger partial charge in [-0.25, -0.2) is 9.97 Å². The van der Waals surface area contributed by atoms with Gasteiger partial charge in [0.25, 0.3) is 0 Å². The molecule has 184 valence electrons. The van der Waals surface area contributed by atoms with E-state index in [1.807, 2.05) is 13.3 Å². The van der Waals surface area contributed by atoms with E-state index in [9.17, 15) is 4.79 Å². The molecule has 34 heavy (non-hydrogen) atoms. The first-order chi connectivity index (χ1) is 16.4. The zero-order valence-electron chi connectivity index (χ0n) is 21.1. The van der Waals surface area contributed by atoms with Crippen LogP contribution in [0.2, 0.25) is 0 Å². The van der Waals surface area contributed by atoms with Gasteiger partial charge in [0.2, 0.25) is 0 Å². The molecule has 6 heteroatoms. The minimum Gasteiger partial charge on any atom is -0.384 e. The molecule has 4 saturated carbocycles. The maximum absolute atomic E-state index is 13.6. The van der Waals surface area contributed by atoms with Crippen LogP contribution in [-0.2, 0) is 16.1 Å². The van der Waals surface area contributed by atoms with Crippen molar-refractivity contribution in [3.63, 3.8) is 0 Å². The van der Waals surface area contributed by atoms with Crippen LogP contribution in [0.4, 0.5) is 0 Å². The van der Waals surface area contributed by atoms with Gasteiger partial charge in [-0.15, -0.1) is 0 Å². The van der Waals surface area contributed by atoms with Gasteiger partial charge in [-0.2, -0.15) is 5.10 Å². The van der Waals surface area contributed by atoms with Crippen molar-refractivity contribution in [2.45, 2.75) is 78.2 Å². The highest BCUT2D eigenvalue weighted by Crippen LogP contribution is 2.68. The number of fused-ring (bicyclic) bond motifs is 6. The van der Waals surface area contributed by atoms with Crippen molar-refractivity contribution in [2.75, 3.05) is 13.7 Å². The van der Waals surface area contributed by atoms with Gasteiger partial charge in [0.15, 0.2) is 11.4 Å². The van der Waals surface area contributed by atoms with Crippen LogP contribution in [-0.4, -0.2) is 39.2 Å². The molecule has 0 saturated heterocycles. The molecule has 4 aliphatic carbocycles. The van der Waals surface area contributed by atoms with Gasteiger partial charge >= 0.3 is 0 Å². The highest BCUT2D eigenvalue weighted by atomic mass is 16.5. The fraction of sp³-hybridized carbons (Fsp3) is 0.786. The number of hydrogen-bond acceptors (Lipinski definition) is 5. The Balaban J connectivity index is 1.23. The monoisotopic (exact) mass is 464 g/mol. The minimum absolute atomic E-state index is 0.129. The Morgan fingerprint density at radius 2 is 1.94 bits per heavy atom. The number of Topliss-reactive ketones (excluding diaryl/α,β-unsaturated/α-hetero) is 1. The topological polar surface area (TPSA) is 69.9 Å². The molecule has 0 aromatic carbocycles. The summed E-state index contributed by atoms with van der Waals surface area (Å²) in [4.78, 5) is 22.2. The molecule has 8 atom stereocenters. The van der Waals surface area contributed by atoms with Gasteiger partial charge in [0, 0.05) is 25.4 Å². The molecule has 2 aromatic rings. The SMILES string of the molecule is COCC12CCC(C)CC1CCC1C2CCC2(C)C1CC[C@@H]2C(=O)Cn1cc2nccnc2n1. The zero-order valence-corrected chi connectivity index (χ0v) is 21.1. The van der Waals surface area contributed by atoms with Crippen molar-refractivity contribution in [3.8, 4) is 0 Å². The summed E-state index contributed by atoms with van der Waals surface area (Å²) in [6.45, 7) is 6.17. The summed E-state index contributed by atoms with van der Waals surface area (Å²) in [6, 6.07) is 0. The van der Waals surface area contributed by atoms with Gasteiger partial charge in [0.05, 0.1) is 19.3 Å². The van der Waals surface area contributed by atoms with E-state index in [0.717, 1.165) is 42.2 Å². The molecule has 0 radical (unpaired) electrons. The number of methoxy groups -OCH3 is 1. The Labute approximate surface area is 203 Å². The summed E-state index contributed by atoms with van der Waals surface area (Å²) in [5, 5.41) is 4.51. The Kier molecular flexibility index (Phi) is 5.58. The van der Waals surface area contributed by atoms with Gasteiger partial charge in [-0.05, 0) is 91.8 Å². The van der Waals surface area contributed by atoms with E-state index >= 15 is 0 Å². The fourth-order valence-electron chi connectivity index (χ4n) is 9.50. The van der Waals surface area contributed by atoms with Gasteiger partial charge in [0.1, 0.15) is 5.52 Å². The summed E-state index contributed by atoms with van der Waals surface area (Å²) in [5.41, 5.74) is 1.88. The quantitative estimate of drug-likeness (QED) is 0.599. The van der Waals surface area contributed by atoms with Crippen molar-refractivity contribution in [1.29, 1.82) is 0 Å². The second-order valence-corrected chi connectivity index (χ2v) is 12.4. The van der Waals surface area contributed by atoms with Crippen LogP contribution in [0.1, 0.15) is 71.6 Å². The lowest BCUT2D eigenvalue weighted by Crippen LogP contribution is -2.56. The van der Waals surface area contributed by atoms with Crippen molar-refractivity contribution < 1.29 is 9.53 Å². The van der Waals surface area contributed by atoms with Crippen molar-refractivity contribution in [2.24, 2.45) is 46.3 Å². The molecule has 6 nitrogen and oxygen atoms in total. The molecule has 4 aliphatic rings. The molecular weight excluding hydrogens is 424 g/mol. The van der Waals surface area contributed by atoms with Crippen LogP contribution in [0.5, 0.6) is 0 Å². The van der Waals surface area contributed by atoms with E-state index in [2.05, 4.69) is 28.9 Å².